The summed E-state index contributed by atoms with van der Waals surface area (Å²) in [5.74, 6) is 0.635. The second-order valence-electron chi connectivity index (χ2n) is 6.55. The zero-order valence-corrected chi connectivity index (χ0v) is 14.7. The molecule has 0 saturated carbocycles. The van der Waals surface area contributed by atoms with Crippen LogP contribution in [0.4, 0.5) is 4.39 Å². The van der Waals surface area contributed by atoms with E-state index in [1.165, 1.54) is 12.1 Å². The third-order valence-electron chi connectivity index (χ3n) is 4.77. The second-order valence-corrected chi connectivity index (χ2v) is 6.55. The molecule has 5 nitrogen and oxygen atoms in total. The van der Waals surface area contributed by atoms with Gasteiger partial charge in [0.25, 0.3) is 5.91 Å². The maximum atomic E-state index is 12.9. The minimum absolute atomic E-state index is 0.0140. The van der Waals surface area contributed by atoms with Gasteiger partial charge >= 0.3 is 0 Å². The summed E-state index contributed by atoms with van der Waals surface area (Å²) in [7, 11) is 0. The van der Waals surface area contributed by atoms with Crippen molar-refractivity contribution in [2.24, 2.45) is 5.92 Å². The van der Waals surface area contributed by atoms with Crippen molar-refractivity contribution >= 4 is 5.91 Å². The van der Waals surface area contributed by atoms with E-state index < -0.39 is 0 Å². The number of aromatic amines is 1. The molecule has 1 fully saturated rings. The first-order valence-corrected chi connectivity index (χ1v) is 8.80. The number of benzene rings is 1. The SMILES string of the molecule is CCc1[nH]nc(C(=O)N2CCCC(COc3ccc(F)cc3)C2)c1C. The summed E-state index contributed by atoms with van der Waals surface area (Å²) in [6, 6.07) is 6.02. The largest absolute Gasteiger partial charge is 0.493 e. The molecule has 1 aromatic carbocycles. The van der Waals surface area contributed by atoms with E-state index in [-0.39, 0.29) is 17.6 Å². The Hall–Kier alpha value is -2.37. The maximum Gasteiger partial charge on any atom is 0.274 e. The van der Waals surface area contributed by atoms with Crippen LogP contribution in [-0.2, 0) is 6.42 Å². The van der Waals surface area contributed by atoms with E-state index in [2.05, 4.69) is 10.2 Å². The summed E-state index contributed by atoms with van der Waals surface area (Å²) in [4.78, 5) is 14.6. The summed E-state index contributed by atoms with van der Waals surface area (Å²) in [5.41, 5.74) is 2.48. The van der Waals surface area contributed by atoms with Crippen molar-refractivity contribution in [2.45, 2.75) is 33.1 Å². The van der Waals surface area contributed by atoms with E-state index in [4.69, 9.17) is 4.74 Å². The molecule has 25 heavy (non-hydrogen) atoms. The van der Waals surface area contributed by atoms with Gasteiger partial charge in [-0.15, -0.1) is 0 Å². The Morgan fingerprint density at radius 1 is 1.40 bits per heavy atom. The first kappa shape index (κ1) is 17.5. The van der Waals surface area contributed by atoms with Crippen LogP contribution >= 0.6 is 0 Å². The van der Waals surface area contributed by atoms with Crippen molar-refractivity contribution in [3.8, 4) is 5.75 Å². The summed E-state index contributed by atoms with van der Waals surface area (Å²) in [6.07, 6.45) is 2.80. The number of hydrogen-bond acceptors (Lipinski definition) is 3. The lowest BCUT2D eigenvalue weighted by molar-refractivity contribution is 0.0626. The van der Waals surface area contributed by atoms with E-state index in [0.29, 0.717) is 24.6 Å². The first-order valence-electron chi connectivity index (χ1n) is 8.80. The van der Waals surface area contributed by atoms with Crippen molar-refractivity contribution in [3.63, 3.8) is 0 Å². The average molecular weight is 345 g/mol. The van der Waals surface area contributed by atoms with Gasteiger partial charge in [0.05, 0.1) is 6.61 Å². The minimum Gasteiger partial charge on any atom is -0.493 e. The van der Waals surface area contributed by atoms with Gasteiger partial charge < -0.3 is 9.64 Å². The van der Waals surface area contributed by atoms with Crippen LogP contribution in [0.25, 0.3) is 0 Å². The van der Waals surface area contributed by atoms with Gasteiger partial charge in [0, 0.05) is 30.3 Å². The maximum absolute atomic E-state index is 12.9. The number of carbonyl (C=O) groups is 1. The third-order valence-corrected chi connectivity index (χ3v) is 4.77. The number of aromatic nitrogens is 2. The van der Waals surface area contributed by atoms with Gasteiger partial charge in [-0.3, -0.25) is 9.89 Å². The lowest BCUT2D eigenvalue weighted by Gasteiger charge is -2.32. The fraction of sp³-hybridized carbons (Fsp3) is 0.474. The Labute approximate surface area is 147 Å². The quantitative estimate of drug-likeness (QED) is 0.904. The highest BCUT2D eigenvalue weighted by molar-refractivity contribution is 5.94. The summed E-state index contributed by atoms with van der Waals surface area (Å²) in [6.45, 7) is 5.91. The van der Waals surface area contributed by atoms with Gasteiger partial charge in [0.1, 0.15) is 11.6 Å². The molecular weight excluding hydrogens is 321 g/mol. The molecule has 134 valence electrons. The number of nitrogens with zero attached hydrogens (tertiary/aromatic N) is 2. The Morgan fingerprint density at radius 2 is 2.16 bits per heavy atom. The topological polar surface area (TPSA) is 58.2 Å². The number of hydrogen-bond donors (Lipinski definition) is 1. The molecule has 2 heterocycles. The molecule has 1 atom stereocenters. The number of amides is 1. The number of aryl methyl sites for hydroxylation is 1. The van der Waals surface area contributed by atoms with E-state index in [1.54, 1.807) is 12.1 Å². The number of H-pyrrole nitrogens is 1. The average Bonchev–Trinajstić information content (AvgIpc) is 3.01. The summed E-state index contributed by atoms with van der Waals surface area (Å²) >= 11 is 0. The lowest BCUT2D eigenvalue weighted by Crippen LogP contribution is -2.42. The molecule has 0 spiro atoms. The first-order chi connectivity index (χ1) is 12.1. The molecule has 2 aromatic rings. The number of carbonyl (C=O) groups excluding carboxylic acids is 1. The van der Waals surface area contributed by atoms with Gasteiger partial charge in [-0.25, -0.2) is 4.39 Å². The highest BCUT2D eigenvalue weighted by Crippen LogP contribution is 2.22. The van der Waals surface area contributed by atoms with Crippen LogP contribution in [0.2, 0.25) is 0 Å². The van der Waals surface area contributed by atoms with Crippen LogP contribution in [0.3, 0.4) is 0 Å². The van der Waals surface area contributed by atoms with Gasteiger partial charge in [0.15, 0.2) is 5.69 Å². The lowest BCUT2D eigenvalue weighted by atomic mass is 9.98. The zero-order valence-electron chi connectivity index (χ0n) is 14.7. The fourth-order valence-electron chi connectivity index (χ4n) is 3.27. The molecule has 1 aliphatic heterocycles. The van der Waals surface area contributed by atoms with Crippen LogP contribution in [-0.4, -0.2) is 40.7 Å². The van der Waals surface area contributed by atoms with Crippen LogP contribution in [0.15, 0.2) is 24.3 Å². The minimum atomic E-state index is -0.275. The molecule has 0 bridgehead atoms. The Morgan fingerprint density at radius 3 is 2.84 bits per heavy atom. The molecule has 0 radical (unpaired) electrons. The number of likely N-dealkylation sites (tertiary alicyclic amines) is 1. The number of rotatable bonds is 5. The molecule has 6 heteroatoms. The number of ether oxygens (including phenoxy) is 1. The van der Waals surface area contributed by atoms with E-state index >= 15 is 0 Å². The van der Waals surface area contributed by atoms with Crippen LogP contribution < -0.4 is 4.74 Å². The predicted molar refractivity (Wildman–Crippen MR) is 93.2 cm³/mol. The molecule has 1 unspecified atom stereocenters. The fourth-order valence-corrected chi connectivity index (χ4v) is 3.27. The van der Waals surface area contributed by atoms with Crippen LogP contribution in [0.1, 0.15) is 41.5 Å². The van der Waals surface area contributed by atoms with Gasteiger partial charge in [-0.1, -0.05) is 6.92 Å². The molecule has 1 N–H and O–H groups in total. The third kappa shape index (κ3) is 4.00. The van der Waals surface area contributed by atoms with Crippen LogP contribution in [0.5, 0.6) is 5.75 Å². The molecule has 1 aliphatic rings. The second kappa shape index (κ2) is 7.68. The van der Waals surface area contributed by atoms with Crippen LogP contribution in [0, 0.1) is 18.7 Å². The monoisotopic (exact) mass is 345 g/mol. The molecule has 0 aliphatic carbocycles. The van der Waals surface area contributed by atoms with E-state index in [1.807, 2.05) is 18.7 Å². The number of piperidine rings is 1. The van der Waals surface area contributed by atoms with Crippen molar-refractivity contribution in [1.82, 2.24) is 15.1 Å². The van der Waals surface area contributed by atoms with Gasteiger partial charge in [-0.2, -0.15) is 5.10 Å². The van der Waals surface area contributed by atoms with E-state index in [0.717, 1.165) is 37.1 Å². The molecule has 1 amide bonds. The smallest absolute Gasteiger partial charge is 0.274 e. The Bertz CT molecular complexity index is 727. The van der Waals surface area contributed by atoms with Crippen molar-refractivity contribution in [3.05, 3.63) is 47.0 Å². The normalized spacial score (nSPS) is 17.6. The zero-order chi connectivity index (χ0) is 17.8. The van der Waals surface area contributed by atoms with Gasteiger partial charge in [0.2, 0.25) is 0 Å². The highest BCUT2D eigenvalue weighted by atomic mass is 19.1. The standard InChI is InChI=1S/C19H24FN3O2/c1-3-17-13(2)18(22-21-17)19(24)23-10-4-5-14(11-23)12-25-16-8-6-15(20)7-9-16/h6-9,14H,3-5,10-12H2,1-2H3,(H,21,22). The van der Waals surface area contributed by atoms with Crippen molar-refractivity contribution in [2.75, 3.05) is 19.7 Å². The molecule has 3 rings (SSSR count). The predicted octanol–water partition coefficient (Wildman–Crippen LogP) is 3.35. The van der Waals surface area contributed by atoms with Gasteiger partial charge in [-0.05, 0) is 50.5 Å². The summed E-state index contributed by atoms with van der Waals surface area (Å²) < 4.78 is 18.7. The molecule has 1 saturated heterocycles. The van der Waals surface area contributed by atoms with E-state index in [9.17, 15) is 9.18 Å². The summed E-state index contributed by atoms with van der Waals surface area (Å²) in [5, 5.41) is 7.16. The van der Waals surface area contributed by atoms with Crippen molar-refractivity contribution < 1.29 is 13.9 Å². The highest BCUT2D eigenvalue weighted by Gasteiger charge is 2.27. The number of nitrogens with one attached hydrogen (secondary N) is 1. The Kier molecular flexibility index (Phi) is 5.36. The molecule has 1 aromatic heterocycles. The van der Waals surface area contributed by atoms with Crippen molar-refractivity contribution in [1.29, 1.82) is 0 Å². The molecular formula is C19H24FN3O2. The number of halogens is 1. The Balaban J connectivity index is 1.59.